The van der Waals surface area contributed by atoms with Crippen molar-refractivity contribution in [2.24, 2.45) is 0 Å². The molecule has 1 aliphatic heterocycles. The minimum atomic E-state index is -3.72. The Morgan fingerprint density at radius 3 is 1.79 bits per heavy atom. The highest BCUT2D eigenvalue weighted by Gasteiger charge is 2.58. The molecular formula is C27H33NO4SSi. The Balaban J connectivity index is 1.69. The number of aliphatic hydroxyl groups excluding tert-OH is 1. The number of hydrogen-bond donors (Lipinski definition) is 1. The molecule has 1 N–H and O–H groups in total. The molecule has 3 aromatic carbocycles. The Morgan fingerprint density at radius 1 is 0.853 bits per heavy atom. The van der Waals surface area contributed by atoms with Crippen molar-refractivity contribution >= 4 is 28.7 Å². The lowest BCUT2D eigenvalue weighted by Crippen LogP contribution is -2.67. The number of sulfonamides is 1. The van der Waals surface area contributed by atoms with Crippen molar-refractivity contribution in [3.63, 3.8) is 0 Å². The number of aliphatic hydroxyl groups is 1. The van der Waals surface area contributed by atoms with Crippen LogP contribution >= 0.6 is 0 Å². The van der Waals surface area contributed by atoms with E-state index in [2.05, 4.69) is 45.0 Å². The minimum Gasteiger partial charge on any atom is -0.406 e. The largest absolute Gasteiger partial charge is 0.406 e. The third-order valence-electron chi connectivity index (χ3n) is 6.68. The maximum Gasteiger partial charge on any atom is 0.261 e. The molecule has 4 rings (SSSR count). The average Bonchev–Trinajstić information content (AvgIpc) is 3.54. The molecule has 1 heterocycles. The molecule has 3 atom stereocenters. The molecule has 34 heavy (non-hydrogen) atoms. The van der Waals surface area contributed by atoms with Crippen molar-refractivity contribution in [3.05, 3.63) is 90.5 Å². The second kappa shape index (κ2) is 9.39. The van der Waals surface area contributed by atoms with Crippen LogP contribution in [0.2, 0.25) is 5.04 Å². The van der Waals surface area contributed by atoms with Crippen molar-refractivity contribution in [1.82, 2.24) is 4.31 Å². The molecule has 0 bridgehead atoms. The van der Waals surface area contributed by atoms with E-state index in [0.29, 0.717) is 0 Å². The standard InChI is InChI=1S/C27H33NO4SSi/c1-21-15-17-22(18-16-21)33(30,31)28-25(19-29)26(28)20-32-34(27(2,3)4,23-11-7-5-8-12-23)24-13-9-6-10-14-24/h5-18,25-26,29H,19-20H2,1-4H3/t25-,26+,28?/m0/s1. The van der Waals surface area contributed by atoms with Crippen molar-refractivity contribution in [2.45, 2.75) is 49.7 Å². The zero-order chi connectivity index (χ0) is 24.6. The van der Waals surface area contributed by atoms with Gasteiger partial charge < -0.3 is 9.53 Å². The SMILES string of the molecule is Cc1ccc(S(=O)(=O)N2[C@H](CO[Si](c3ccccc3)(c3ccccc3)C(C)(C)C)[C@@H]2CO)cc1. The van der Waals surface area contributed by atoms with Gasteiger partial charge in [-0.1, -0.05) is 99.1 Å². The molecule has 1 aliphatic rings. The van der Waals surface area contributed by atoms with E-state index in [1.807, 2.05) is 43.3 Å². The van der Waals surface area contributed by atoms with Crippen LogP contribution in [-0.4, -0.2) is 51.4 Å². The van der Waals surface area contributed by atoms with Crippen molar-refractivity contribution in [2.75, 3.05) is 13.2 Å². The molecule has 0 saturated carbocycles. The van der Waals surface area contributed by atoms with Gasteiger partial charge in [-0.05, 0) is 34.5 Å². The topological polar surface area (TPSA) is 66.6 Å². The summed E-state index contributed by atoms with van der Waals surface area (Å²) in [7, 11) is -6.51. The molecule has 180 valence electrons. The lowest BCUT2D eigenvalue weighted by Gasteiger charge is -2.43. The molecule has 0 amide bonds. The van der Waals surface area contributed by atoms with Gasteiger partial charge in [-0.3, -0.25) is 0 Å². The molecule has 5 nitrogen and oxygen atoms in total. The third kappa shape index (κ3) is 4.39. The fourth-order valence-corrected chi connectivity index (χ4v) is 11.2. The first-order chi connectivity index (χ1) is 16.1. The van der Waals surface area contributed by atoms with Crippen molar-refractivity contribution < 1.29 is 18.0 Å². The van der Waals surface area contributed by atoms with E-state index in [-0.39, 0.29) is 23.1 Å². The quantitative estimate of drug-likeness (QED) is 0.385. The van der Waals surface area contributed by atoms with Crippen LogP contribution in [0.4, 0.5) is 0 Å². The van der Waals surface area contributed by atoms with E-state index in [9.17, 15) is 13.5 Å². The summed E-state index contributed by atoms with van der Waals surface area (Å²) in [5, 5.41) is 12.0. The van der Waals surface area contributed by atoms with Crippen molar-refractivity contribution in [1.29, 1.82) is 0 Å². The predicted octanol–water partition coefficient (Wildman–Crippen LogP) is 3.31. The molecular weight excluding hydrogens is 462 g/mol. The molecule has 0 aliphatic carbocycles. The molecule has 7 heteroatoms. The van der Waals surface area contributed by atoms with Gasteiger partial charge in [0.2, 0.25) is 10.0 Å². The summed E-state index contributed by atoms with van der Waals surface area (Å²) in [4.78, 5) is 0.240. The van der Waals surface area contributed by atoms with Gasteiger partial charge in [-0.15, -0.1) is 0 Å². The molecule has 1 saturated heterocycles. The van der Waals surface area contributed by atoms with Gasteiger partial charge >= 0.3 is 0 Å². The van der Waals surface area contributed by atoms with E-state index < -0.39 is 30.4 Å². The highest BCUT2D eigenvalue weighted by molar-refractivity contribution is 7.89. The zero-order valence-corrected chi connectivity index (χ0v) is 22.0. The Bertz CT molecular complexity index is 1170. The van der Waals surface area contributed by atoms with Gasteiger partial charge in [-0.25, -0.2) is 8.42 Å². The first-order valence-corrected chi connectivity index (χ1v) is 14.9. The Hall–Kier alpha value is -2.29. The Labute approximate surface area is 204 Å². The smallest absolute Gasteiger partial charge is 0.261 e. The summed E-state index contributed by atoms with van der Waals surface area (Å²) in [6.45, 7) is 8.48. The fourth-order valence-electron chi connectivity index (χ4n) is 4.86. The minimum absolute atomic E-state index is 0.208. The molecule has 3 aromatic rings. The molecule has 0 spiro atoms. The van der Waals surface area contributed by atoms with Gasteiger partial charge in [0, 0.05) is 0 Å². The predicted molar refractivity (Wildman–Crippen MR) is 138 cm³/mol. The Morgan fingerprint density at radius 2 is 1.35 bits per heavy atom. The van der Waals surface area contributed by atoms with Crippen molar-refractivity contribution in [3.8, 4) is 0 Å². The van der Waals surface area contributed by atoms with Crippen LogP contribution in [0.25, 0.3) is 0 Å². The van der Waals surface area contributed by atoms with Crippen LogP contribution in [0.1, 0.15) is 26.3 Å². The van der Waals surface area contributed by atoms with Crippen LogP contribution in [-0.2, 0) is 14.4 Å². The van der Waals surface area contributed by atoms with Crippen LogP contribution < -0.4 is 10.4 Å². The van der Waals surface area contributed by atoms with Crippen LogP contribution in [0.3, 0.4) is 0 Å². The number of nitrogens with zero attached hydrogens (tertiary/aromatic N) is 1. The van der Waals surface area contributed by atoms with E-state index >= 15 is 0 Å². The van der Waals surface area contributed by atoms with Gasteiger partial charge in [0.15, 0.2) is 0 Å². The van der Waals surface area contributed by atoms with Crippen LogP contribution in [0, 0.1) is 6.92 Å². The number of aryl methyl sites for hydroxylation is 1. The van der Waals surface area contributed by atoms with E-state index in [1.54, 1.807) is 24.3 Å². The fraction of sp³-hybridized carbons (Fsp3) is 0.333. The van der Waals surface area contributed by atoms with Gasteiger partial charge in [0.1, 0.15) is 0 Å². The molecule has 1 fully saturated rings. The second-order valence-corrected chi connectivity index (χ2v) is 16.1. The van der Waals surface area contributed by atoms with E-state index in [1.165, 1.54) is 4.31 Å². The molecule has 0 aromatic heterocycles. The maximum absolute atomic E-state index is 13.3. The number of hydrogen-bond acceptors (Lipinski definition) is 4. The molecule has 0 radical (unpaired) electrons. The zero-order valence-electron chi connectivity index (χ0n) is 20.2. The number of benzene rings is 3. The summed E-state index contributed by atoms with van der Waals surface area (Å²) in [6.07, 6.45) is 0. The van der Waals surface area contributed by atoms with Crippen LogP contribution in [0.15, 0.2) is 89.8 Å². The highest BCUT2D eigenvalue weighted by atomic mass is 32.2. The molecule has 1 unspecified atom stereocenters. The van der Waals surface area contributed by atoms with Gasteiger partial charge in [-0.2, -0.15) is 4.31 Å². The summed E-state index contributed by atoms with van der Waals surface area (Å²) in [5.41, 5.74) is 0.995. The monoisotopic (exact) mass is 495 g/mol. The first-order valence-electron chi connectivity index (χ1n) is 11.6. The normalized spacial score (nSPS) is 20.8. The third-order valence-corrected chi connectivity index (χ3v) is 13.6. The maximum atomic E-state index is 13.3. The van der Waals surface area contributed by atoms with Gasteiger partial charge in [0.05, 0.1) is 30.2 Å². The van der Waals surface area contributed by atoms with Crippen LogP contribution in [0.5, 0.6) is 0 Å². The Kier molecular flexibility index (Phi) is 6.86. The summed E-state index contributed by atoms with van der Waals surface area (Å²) < 4.78 is 35.0. The van der Waals surface area contributed by atoms with E-state index in [4.69, 9.17) is 4.43 Å². The van der Waals surface area contributed by atoms with E-state index in [0.717, 1.165) is 15.9 Å². The average molecular weight is 496 g/mol. The van der Waals surface area contributed by atoms with Gasteiger partial charge in [0.25, 0.3) is 8.32 Å². The second-order valence-electron chi connectivity index (χ2n) is 9.94. The summed E-state index contributed by atoms with van der Waals surface area (Å²) >= 11 is 0. The first kappa shape index (κ1) is 24.8. The lowest BCUT2D eigenvalue weighted by atomic mass is 10.2. The number of rotatable bonds is 8. The summed E-state index contributed by atoms with van der Waals surface area (Å²) in [6, 6.07) is 26.5. The lowest BCUT2D eigenvalue weighted by molar-refractivity contribution is 0.271. The summed E-state index contributed by atoms with van der Waals surface area (Å²) in [5.74, 6) is 0. The highest BCUT2D eigenvalue weighted by Crippen LogP contribution is 2.40.